The van der Waals surface area contributed by atoms with E-state index in [4.69, 9.17) is 0 Å². The molecule has 6 heteroatoms. The number of benzene rings is 1. The van der Waals surface area contributed by atoms with Gasteiger partial charge in [-0.25, -0.2) is 4.98 Å². The zero-order chi connectivity index (χ0) is 17.7. The number of aliphatic hydroxyl groups is 1. The number of aromatic nitrogens is 4. The molecule has 4 atom stereocenters. The van der Waals surface area contributed by atoms with Gasteiger partial charge >= 0.3 is 0 Å². The van der Waals surface area contributed by atoms with Crippen LogP contribution in [0.5, 0.6) is 0 Å². The van der Waals surface area contributed by atoms with E-state index < -0.39 is 0 Å². The Bertz CT molecular complexity index is 916. The smallest absolute Gasteiger partial charge is 0.0961 e. The van der Waals surface area contributed by atoms with Gasteiger partial charge in [0, 0.05) is 38.4 Å². The third-order valence-corrected chi connectivity index (χ3v) is 6.19. The summed E-state index contributed by atoms with van der Waals surface area (Å²) in [5, 5.41) is 15.1. The lowest BCUT2D eigenvalue weighted by Gasteiger charge is -2.36. The number of para-hydroxylation sites is 2. The molecule has 5 rings (SSSR count). The normalized spacial score (nSPS) is 29.3. The van der Waals surface area contributed by atoms with Crippen LogP contribution in [0.15, 0.2) is 43.0 Å². The predicted octanol–water partition coefficient (Wildman–Crippen LogP) is 2.21. The standard InChI is InChI=1S/C20H25N5O/c1-23-9-14(8-22-23)10-24-11-15-6-19(20(26)7-16(15)12-24)25-13-21-17-4-2-3-5-18(17)25/h2-5,8-9,13,15-16,19-20,26H,6-7,10-12H2,1H3/t15-,16+,19-,20-/m1/s1. The minimum atomic E-state index is -0.299. The molecule has 0 radical (unpaired) electrons. The summed E-state index contributed by atoms with van der Waals surface area (Å²) in [6, 6.07) is 8.32. The van der Waals surface area contributed by atoms with Crippen LogP contribution in [0.2, 0.25) is 0 Å². The van der Waals surface area contributed by atoms with Crippen molar-refractivity contribution in [3.63, 3.8) is 0 Å². The summed E-state index contributed by atoms with van der Waals surface area (Å²) in [6.07, 6.45) is 7.56. The number of fused-ring (bicyclic) bond motifs is 2. The van der Waals surface area contributed by atoms with Gasteiger partial charge < -0.3 is 9.67 Å². The first-order valence-corrected chi connectivity index (χ1v) is 9.47. The van der Waals surface area contributed by atoms with Crippen molar-refractivity contribution in [1.29, 1.82) is 0 Å². The van der Waals surface area contributed by atoms with Gasteiger partial charge in [-0.15, -0.1) is 0 Å². The third-order valence-electron chi connectivity index (χ3n) is 6.19. The highest BCUT2D eigenvalue weighted by atomic mass is 16.3. The molecule has 1 aliphatic carbocycles. The molecule has 0 spiro atoms. The molecule has 2 aliphatic rings. The van der Waals surface area contributed by atoms with Crippen LogP contribution in [0.4, 0.5) is 0 Å². The molecule has 1 aromatic carbocycles. The van der Waals surface area contributed by atoms with Crippen molar-refractivity contribution in [2.75, 3.05) is 13.1 Å². The van der Waals surface area contributed by atoms with Gasteiger partial charge in [0.25, 0.3) is 0 Å². The number of aliphatic hydroxyl groups excluding tert-OH is 1. The van der Waals surface area contributed by atoms with Crippen molar-refractivity contribution in [3.05, 3.63) is 48.5 Å². The molecule has 2 fully saturated rings. The highest BCUT2D eigenvalue weighted by Crippen LogP contribution is 2.42. The number of aryl methyl sites for hydroxylation is 1. The fourth-order valence-corrected chi connectivity index (χ4v) is 4.99. The van der Waals surface area contributed by atoms with Crippen molar-refractivity contribution in [1.82, 2.24) is 24.2 Å². The van der Waals surface area contributed by atoms with E-state index in [9.17, 15) is 5.11 Å². The molecule has 1 saturated heterocycles. The fraction of sp³-hybridized carbons (Fsp3) is 0.500. The van der Waals surface area contributed by atoms with Crippen LogP contribution >= 0.6 is 0 Å². The van der Waals surface area contributed by atoms with Gasteiger partial charge in [-0.1, -0.05) is 12.1 Å². The van der Waals surface area contributed by atoms with E-state index in [2.05, 4.69) is 31.8 Å². The summed E-state index contributed by atoms with van der Waals surface area (Å²) >= 11 is 0. The number of likely N-dealkylation sites (tertiary alicyclic amines) is 1. The minimum Gasteiger partial charge on any atom is -0.391 e. The van der Waals surface area contributed by atoms with Crippen LogP contribution in [0.3, 0.4) is 0 Å². The summed E-state index contributed by atoms with van der Waals surface area (Å²) in [5.74, 6) is 1.23. The van der Waals surface area contributed by atoms with Crippen molar-refractivity contribution in [2.24, 2.45) is 18.9 Å². The number of rotatable bonds is 3. The van der Waals surface area contributed by atoms with Gasteiger partial charge in [0.05, 0.1) is 35.7 Å². The van der Waals surface area contributed by atoms with Crippen LogP contribution in [-0.4, -0.2) is 48.5 Å². The first-order valence-electron chi connectivity index (χ1n) is 9.47. The maximum atomic E-state index is 10.8. The maximum Gasteiger partial charge on any atom is 0.0961 e. The summed E-state index contributed by atoms with van der Waals surface area (Å²) in [6.45, 7) is 3.14. The molecule has 136 valence electrons. The van der Waals surface area contributed by atoms with Crippen molar-refractivity contribution in [3.8, 4) is 0 Å². The maximum absolute atomic E-state index is 10.8. The monoisotopic (exact) mass is 351 g/mol. The van der Waals surface area contributed by atoms with Gasteiger partial charge in [-0.2, -0.15) is 5.10 Å². The van der Waals surface area contributed by atoms with Gasteiger partial charge in [-0.3, -0.25) is 9.58 Å². The number of hydrogen-bond acceptors (Lipinski definition) is 4. The molecule has 1 aliphatic heterocycles. The van der Waals surface area contributed by atoms with Crippen LogP contribution in [-0.2, 0) is 13.6 Å². The van der Waals surface area contributed by atoms with E-state index in [0.29, 0.717) is 11.8 Å². The Morgan fingerprint density at radius 2 is 1.96 bits per heavy atom. The topological polar surface area (TPSA) is 59.1 Å². The number of hydrogen-bond donors (Lipinski definition) is 1. The molecule has 3 heterocycles. The molecular formula is C20H25N5O. The summed E-state index contributed by atoms with van der Waals surface area (Å²) in [7, 11) is 1.96. The van der Waals surface area contributed by atoms with Gasteiger partial charge in [0.15, 0.2) is 0 Å². The SMILES string of the molecule is Cn1cc(CN2C[C@H]3C[C@@H](n4cnc5ccccc54)[C@H](O)C[C@H]3C2)cn1. The molecule has 1 N–H and O–H groups in total. The quantitative estimate of drug-likeness (QED) is 0.786. The van der Waals surface area contributed by atoms with Crippen LogP contribution in [0.25, 0.3) is 11.0 Å². The van der Waals surface area contributed by atoms with E-state index in [1.165, 1.54) is 5.56 Å². The van der Waals surface area contributed by atoms with E-state index >= 15 is 0 Å². The Morgan fingerprint density at radius 1 is 1.15 bits per heavy atom. The molecule has 2 aromatic heterocycles. The molecule has 3 aromatic rings. The lowest BCUT2D eigenvalue weighted by atomic mass is 9.77. The van der Waals surface area contributed by atoms with Crippen LogP contribution in [0, 0.1) is 11.8 Å². The second-order valence-electron chi connectivity index (χ2n) is 7.98. The third kappa shape index (κ3) is 2.73. The number of imidazole rings is 1. The van der Waals surface area contributed by atoms with Gasteiger partial charge in [0.1, 0.15) is 0 Å². The second kappa shape index (κ2) is 6.21. The zero-order valence-corrected chi connectivity index (χ0v) is 15.1. The molecule has 0 bridgehead atoms. The lowest BCUT2D eigenvalue weighted by molar-refractivity contribution is 0.0374. The Kier molecular flexibility index (Phi) is 3.83. The average molecular weight is 351 g/mol. The van der Waals surface area contributed by atoms with E-state index in [1.807, 2.05) is 42.5 Å². The fourth-order valence-electron chi connectivity index (χ4n) is 4.99. The van der Waals surface area contributed by atoms with E-state index in [1.54, 1.807) is 0 Å². The molecular weight excluding hydrogens is 326 g/mol. The predicted molar refractivity (Wildman–Crippen MR) is 99.5 cm³/mol. The van der Waals surface area contributed by atoms with Crippen LogP contribution in [0.1, 0.15) is 24.4 Å². The molecule has 26 heavy (non-hydrogen) atoms. The molecule has 0 unspecified atom stereocenters. The van der Waals surface area contributed by atoms with E-state index in [0.717, 1.165) is 43.5 Å². The summed E-state index contributed by atoms with van der Waals surface area (Å²) in [5.41, 5.74) is 3.40. The van der Waals surface area contributed by atoms with Gasteiger partial charge in [0.2, 0.25) is 0 Å². The molecule has 1 saturated carbocycles. The lowest BCUT2D eigenvalue weighted by Crippen LogP contribution is -2.36. The van der Waals surface area contributed by atoms with E-state index in [-0.39, 0.29) is 12.1 Å². The van der Waals surface area contributed by atoms with Crippen molar-refractivity contribution >= 4 is 11.0 Å². The molecule has 0 amide bonds. The number of nitrogens with zero attached hydrogens (tertiary/aromatic N) is 5. The highest BCUT2D eigenvalue weighted by Gasteiger charge is 2.42. The summed E-state index contributed by atoms with van der Waals surface area (Å²) in [4.78, 5) is 7.04. The Labute approximate surface area is 153 Å². The zero-order valence-electron chi connectivity index (χ0n) is 15.1. The highest BCUT2D eigenvalue weighted by molar-refractivity contribution is 5.75. The Balaban J connectivity index is 1.33. The van der Waals surface area contributed by atoms with Crippen LogP contribution < -0.4 is 0 Å². The second-order valence-corrected chi connectivity index (χ2v) is 7.98. The minimum absolute atomic E-state index is 0.127. The summed E-state index contributed by atoms with van der Waals surface area (Å²) < 4.78 is 4.06. The Morgan fingerprint density at radius 3 is 2.77 bits per heavy atom. The van der Waals surface area contributed by atoms with Gasteiger partial charge in [-0.05, 0) is 36.8 Å². The average Bonchev–Trinajstić information content (AvgIpc) is 3.32. The van der Waals surface area contributed by atoms with Crippen molar-refractivity contribution < 1.29 is 5.11 Å². The van der Waals surface area contributed by atoms with Crippen molar-refractivity contribution in [2.45, 2.75) is 31.5 Å². The molecule has 6 nitrogen and oxygen atoms in total. The first-order chi connectivity index (χ1) is 12.7. The Hall–Kier alpha value is -2.18. The largest absolute Gasteiger partial charge is 0.391 e. The first kappa shape index (κ1) is 16.0.